The Morgan fingerprint density at radius 1 is 0.872 bits per heavy atom. The summed E-state index contributed by atoms with van der Waals surface area (Å²) in [7, 11) is 0. The Morgan fingerprint density at radius 2 is 1.54 bits per heavy atom. The maximum atomic E-state index is 13.0. The zero-order valence-electron chi connectivity index (χ0n) is 22.6. The van der Waals surface area contributed by atoms with Gasteiger partial charge in [-0.3, -0.25) is 14.6 Å². The molecular weight excluding hydrogens is 488 g/mol. The van der Waals surface area contributed by atoms with E-state index in [4.69, 9.17) is 10.5 Å². The van der Waals surface area contributed by atoms with Gasteiger partial charge in [-0.2, -0.15) is 0 Å². The fraction of sp³-hybridized carbons (Fsp3) is 0.500. The summed E-state index contributed by atoms with van der Waals surface area (Å²) in [6.45, 7) is 1.63. The van der Waals surface area contributed by atoms with Crippen molar-refractivity contribution < 1.29 is 14.3 Å². The Labute approximate surface area is 231 Å². The van der Waals surface area contributed by atoms with Crippen LogP contribution in [0.5, 0.6) is 0 Å². The van der Waals surface area contributed by atoms with Crippen LogP contribution in [0.1, 0.15) is 68.9 Å². The lowest BCUT2D eigenvalue weighted by Crippen LogP contribution is -2.60. The number of rotatable bonds is 8. The van der Waals surface area contributed by atoms with Crippen LogP contribution in [0.15, 0.2) is 72.8 Å². The third-order valence-electron chi connectivity index (χ3n) is 9.45. The van der Waals surface area contributed by atoms with Gasteiger partial charge >= 0.3 is 5.97 Å². The number of nitrogens with one attached hydrogen (secondary N) is 1. The van der Waals surface area contributed by atoms with E-state index < -0.39 is 11.6 Å². The molecule has 0 saturated carbocycles. The SMILES string of the molecule is NC12CCC(CC(OC(=O)/C=C/C(=O)NC34CCCC(CC3)N4Cc3ccccc3)C1)N2Cc1ccccc1. The van der Waals surface area contributed by atoms with Crippen molar-refractivity contribution in [1.29, 1.82) is 0 Å². The number of amides is 1. The predicted molar refractivity (Wildman–Crippen MR) is 150 cm³/mol. The van der Waals surface area contributed by atoms with Gasteiger partial charge in [0.25, 0.3) is 0 Å². The van der Waals surface area contributed by atoms with Crippen molar-refractivity contribution in [2.75, 3.05) is 0 Å². The summed E-state index contributed by atoms with van der Waals surface area (Å²) in [4.78, 5) is 30.6. The standard InChI is InChI=1S/C32H40N4O3/c33-31-18-15-27(35(31)22-24-8-3-1-4-9-24)20-28(21-31)39-30(38)14-13-29(37)34-32-17-7-12-26(16-19-32)36(32)23-25-10-5-2-6-11-25/h1-6,8-11,13-14,26-28H,7,12,15-23,33H2,(H,34,37)/b14-13+. The van der Waals surface area contributed by atoms with E-state index in [1.807, 2.05) is 12.1 Å². The molecule has 4 bridgehead atoms. The minimum absolute atomic E-state index is 0.233. The van der Waals surface area contributed by atoms with E-state index in [9.17, 15) is 9.59 Å². The van der Waals surface area contributed by atoms with Crippen LogP contribution >= 0.6 is 0 Å². The Bertz CT molecular complexity index is 1200. The normalized spacial score (nSPS) is 32.4. The van der Waals surface area contributed by atoms with Gasteiger partial charge in [-0.05, 0) is 56.1 Å². The van der Waals surface area contributed by atoms with Gasteiger partial charge in [0.1, 0.15) is 6.10 Å². The van der Waals surface area contributed by atoms with Gasteiger partial charge in [-0.25, -0.2) is 4.79 Å². The number of fused-ring (bicyclic) bond motifs is 4. The molecule has 5 atom stereocenters. The smallest absolute Gasteiger partial charge is 0.331 e. The summed E-state index contributed by atoms with van der Waals surface area (Å²) in [5.74, 6) is -0.707. The number of nitrogens with two attached hydrogens (primary N) is 1. The van der Waals surface area contributed by atoms with Crippen molar-refractivity contribution >= 4 is 11.9 Å². The molecule has 5 unspecified atom stereocenters. The largest absolute Gasteiger partial charge is 0.459 e. The molecule has 4 heterocycles. The number of ether oxygens (including phenoxy) is 1. The number of carbonyl (C=O) groups is 2. The molecule has 0 aromatic heterocycles. The first-order chi connectivity index (χ1) is 18.9. The van der Waals surface area contributed by atoms with Crippen molar-refractivity contribution in [3.63, 3.8) is 0 Å². The van der Waals surface area contributed by atoms with Crippen LogP contribution < -0.4 is 11.1 Å². The summed E-state index contributed by atoms with van der Waals surface area (Å²) in [6, 6.07) is 21.6. The molecule has 2 aromatic rings. The fourth-order valence-electron chi connectivity index (χ4n) is 7.61. The molecule has 4 aliphatic heterocycles. The van der Waals surface area contributed by atoms with Crippen LogP contribution in [0.2, 0.25) is 0 Å². The molecule has 7 nitrogen and oxygen atoms in total. The Hall–Kier alpha value is -3.00. The summed E-state index contributed by atoms with van der Waals surface area (Å²) in [5.41, 5.74) is 8.52. The van der Waals surface area contributed by atoms with Gasteiger partial charge in [-0.15, -0.1) is 0 Å². The highest BCUT2D eigenvalue weighted by molar-refractivity contribution is 5.95. The van der Waals surface area contributed by atoms with E-state index in [0.717, 1.165) is 58.0 Å². The van der Waals surface area contributed by atoms with Crippen LogP contribution in [-0.2, 0) is 27.4 Å². The Morgan fingerprint density at radius 3 is 2.23 bits per heavy atom. The molecule has 4 saturated heterocycles. The summed E-state index contributed by atoms with van der Waals surface area (Å²) in [6.07, 6.45) is 10.9. The fourth-order valence-corrected chi connectivity index (χ4v) is 7.61. The minimum atomic E-state index is -0.471. The van der Waals surface area contributed by atoms with Crippen molar-refractivity contribution in [2.24, 2.45) is 5.73 Å². The number of piperidine rings is 2. The summed E-state index contributed by atoms with van der Waals surface area (Å²) < 4.78 is 5.81. The van der Waals surface area contributed by atoms with Crippen molar-refractivity contribution in [1.82, 2.24) is 15.1 Å². The highest BCUT2D eigenvalue weighted by atomic mass is 16.5. The van der Waals surface area contributed by atoms with Gasteiger partial charge in [0.15, 0.2) is 0 Å². The molecule has 0 spiro atoms. The highest BCUT2D eigenvalue weighted by Gasteiger charge is 2.51. The van der Waals surface area contributed by atoms with Gasteiger partial charge in [0.2, 0.25) is 5.91 Å². The van der Waals surface area contributed by atoms with E-state index in [1.165, 1.54) is 29.7 Å². The second-order valence-electron chi connectivity index (χ2n) is 12.0. The van der Waals surface area contributed by atoms with Gasteiger partial charge < -0.3 is 15.8 Å². The number of carbonyl (C=O) groups excluding carboxylic acids is 2. The summed E-state index contributed by atoms with van der Waals surface area (Å²) in [5, 5.41) is 3.28. The van der Waals surface area contributed by atoms with Crippen LogP contribution in [-0.4, -0.2) is 51.2 Å². The average molecular weight is 529 g/mol. The zero-order valence-corrected chi connectivity index (χ0v) is 22.6. The van der Waals surface area contributed by atoms with E-state index in [0.29, 0.717) is 18.5 Å². The number of esters is 1. The molecule has 1 amide bonds. The molecule has 4 fully saturated rings. The highest BCUT2D eigenvalue weighted by Crippen LogP contribution is 2.44. The molecule has 206 valence electrons. The third-order valence-corrected chi connectivity index (χ3v) is 9.45. The number of benzene rings is 2. The summed E-state index contributed by atoms with van der Waals surface area (Å²) >= 11 is 0. The van der Waals surface area contributed by atoms with Crippen molar-refractivity contribution in [2.45, 2.75) is 100 Å². The van der Waals surface area contributed by atoms with Crippen molar-refractivity contribution in [3.05, 3.63) is 83.9 Å². The molecule has 2 aromatic carbocycles. The molecule has 0 radical (unpaired) electrons. The Balaban J connectivity index is 1.04. The molecular formula is C32H40N4O3. The number of hydrogen-bond donors (Lipinski definition) is 2. The number of nitrogens with zero attached hydrogens (tertiary/aromatic N) is 2. The maximum Gasteiger partial charge on any atom is 0.331 e. The second-order valence-corrected chi connectivity index (χ2v) is 12.0. The van der Waals surface area contributed by atoms with Crippen LogP contribution in [0.25, 0.3) is 0 Å². The van der Waals surface area contributed by atoms with Gasteiger partial charge in [0.05, 0.1) is 11.3 Å². The molecule has 7 heteroatoms. The predicted octanol–water partition coefficient (Wildman–Crippen LogP) is 4.23. The van der Waals surface area contributed by atoms with Crippen LogP contribution in [0.3, 0.4) is 0 Å². The topological polar surface area (TPSA) is 87.9 Å². The van der Waals surface area contributed by atoms with E-state index in [-0.39, 0.29) is 17.7 Å². The third kappa shape index (κ3) is 5.53. The van der Waals surface area contributed by atoms with Crippen molar-refractivity contribution in [3.8, 4) is 0 Å². The zero-order chi connectivity index (χ0) is 26.9. The molecule has 6 rings (SSSR count). The second kappa shape index (κ2) is 10.9. The van der Waals surface area contributed by atoms with Gasteiger partial charge in [0, 0.05) is 50.2 Å². The monoisotopic (exact) mass is 528 g/mol. The van der Waals surface area contributed by atoms with E-state index in [2.05, 4.69) is 63.6 Å². The molecule has 3 N–H and O–H groups in total. The number of hydrogen-bond acceptors (Lipinski definition) is 6. The van der Waals surface area contributed by atoms with Gasteiger partial charge in [-0.1, -0.05) is 60.7 Å². The first-order valence-corrected chi connectivity index (χ1v) is 14.5. The van der Waals surface area contributed by atoms with Crippen LogP contribution in [0, 0.1) is 0 Å². The first kappa shape index (κ1) is 26.2. The quantitative estimate of drug-likeness (QED) is 0.394. The lowest BCUT2D eigenvalue weighted by atomic mass is 9.94. The average Bonchev–Trinajstić information content (AvgIpc) is 3.22. The van der Waals surface area contributed by atoms with Crippen LogP contribution in [0.4, 0.5) is 0 Å². The van der Waals surface area contributed by atoms with E-state index >= 15 is 0 Å². The molecule has 39 heavy (non-hydrogen) atoms. The molecule has 4 aliphatic rings. The Kier molecular flexibility index (Phi) is 7.31. The lowest BCUT2D eigenvalue weighted by Gasteiger charge is -2.45. The lowest BCUT2D eigenvalue weighted by molar-refractivity contribution is -0.149. The molecule has 0 aliphatic carbocycles. The minimum Gasteiger partial charge on any atom is -0.459 e. The first-order valence-electron chi connectivity index (χ1n) is 14.5. The van der Waals surface area contributed by atoms with E-state index in [1.54, 1.807) is 0 Å². The maximum absolute atomic E-state index is 13.0.